The Labute approximate surface area is 449 Å². The Kier molecular flexibility index (Phi) is 60.0. The first-order valence-corrected chi connectivity index (χ1v) is 32.3. The van der Waals surface area contributed by atoms with Crippen molar-refractivity contribution in [2.45, 2.75) is 360 Å². The van der Waals surface area contributed by atoms with Crippen LogP contribution in [0.3, 0.4) is 0 Å². The van der Waals surface area contributed by atoms with Crippen molar-refractivity contribution in [1.82, 2.24) is 5.32 Å². The number of aliphatic hydroxyl groups excluding tert-OH is 2. The molecule has 0 aromatic carbocycles. The van der Waals surface area contributed by atoms with Crippen molar-refractivity contribution in [2.75, 3.05) is 13.2 Å². The Morgan fingerprint density at radius 3 is 1.03 bits per heavy atom. The molecule has 0 bridgehead atoms. The van der Waals surface area contributed by atoms with Gasteiger partial charge in [-0.25, -0.2) is 0 Å². The van der Waals surface area contributed by atoms with Crippen molar-refractivity contribution >= 4 is 11.9 Å². The summed E-state index contributed by atoms with van der Waals surface area (Å²) in [4.78, 5) is 24.5. The second-order valence-electron chi connectivity index (χ2n) is 22.1. The first-order chi connectivity index (χ1) is 35.5. The molecule has 0 aromatic rings. The predicted molar refractivity (Wildman–Crippen MR) is 315 cm³/mol. The number of carbonyl (C=O) groups is 2. The summed E-state index contributed by atoms with van der Waals surface area (Å²) in [6, 6.07) is -0.632. The zero-order chi connectivity index (χ0) is 52.2. The number of esters is 1. The fraction of sp³-hybridized carbons (Fsp3) is 0.879. The van der Waals surface area contributed by atoms with Crippen LogP contribution >= 0.6 is 0 Å². The van der Waals surface area contributed by atoms with E-state index in [0.29, 0.717) is 19.4 Å². The second kappa shape index (κ2) is 61.6. The third-order valence-electron chi connectivity index (χ3n) is 14.9. The highest BCUT2D eigenvalue weighted by Gasteiger charge is 2.18. The number of allylic oxidation sites excluding steroid dienone is 5. The van der Waals surface area contributed by atoms with E-state index in [1.807, 2.05) is 6.08 Å². The molecule has 424 valence electrons. The highest BCUT2D eigenvalue weighted by molar-refractivity contribution is 5.76. The molecule has 0 aromatic heterocycles. The van der Waals surface area contributed by atoms with Crippen molar-refractivity contribution < 1.29 is 24.5 Å². The molecule has 0 aliphatic rings. The molecule has 0 saturated carbocycles. The van der Waals surface area contributed by atoms with E-state index in [1.165, 1.54) is 276 Å². The summed E-state index contributed by atoms with van der Waals surface area (Å²) in [5, 5.41) is 23.2. The molecule has 72 heavy (non-hydrogen) atoms. The van der Waals surface area contributed by atoms with E-state index in [-0.39, 0.29) is 18.5 Å². The maximum Gasteiger partial charge on any atom is 0.305 e. The van der Waals surface area contributed by atoms with Gasteiger partial charge in [-0.1, -0.05) is 294 Å². The zero-order valence-corrected chi connectivity index (χ0v) is 48.4. The molecule has 0 saturated heterocycles. The van der Waals surface area contributed by atoms with Crippen molar-refractivity contribution in [3.63, 3.8) is 0 Å². The molecule has 0 fully saturated rings. The number of aliphatic hydroxyl groups is 2. The Balaban J connectivity index is 3.44. The van der Waals surface area contributed by atoms with Crippen LogP contribution in [-0.2, 0) is 14.3 Å². The van der Waals surface area contributed by atoms with E-state index in [1.54, 1.807) is 6.08 Å². The van der Waals surface area contributed by atoms with Gasteiger partial charge in [0.25, 0.3) is 0 Å². The normalized spacial score (nSPS) is 12.8. The van der Waals surface area contributed by atoms with E-state index in [9.17, 15) is 19.8 Å². The molecule has 1 amide bonds. The maximum absolute atomic E-state index is 12.5. The Morgan fingerprint density at radius 2 is 0.667 bits per heavy atom. The number of unbranched alkanes of at least 4 members (excludes halogenated alkanes) is 45. The summed E-state index contributed by atoms with van der Waals surface area (Å²) in [6.45, 7) is 4.88. The fourth-order valence-electron chi connectivity index (χ4n) is 9.91. The Morgan fingerprint density at radius 1 is 0.375 bits per heavy atom. The van der Waals surface area contributed by atoms with E-state index >= 15 is 0 Å². The average Bonchev–Trinajstić information content (AvgIpc) is 3.38. The largest absolute Gasteiger partial charge is 0.466 e. The molecule has 0 rings (SSSR count). The minimum atomic E-state index is -0.848. The number of hydrogen-bond donors (Lipinski definition) is 3. The lowest BCUT2D eigenvalue weighted by atomic mass is 10.0. The summed E-state index contributed by atoms with van der Waals surface area (Å²) >= 11 is 0. The molecule has 6 nitrogen and oxygen atoms in total. The standard InChI is InChI=1S/C66H125NO5/c1-3-5-7-9-11-13-15-16-17-18-19-26-29-32-35-39-42-46-50-54-58-64(69)63(62-68)67-65(70)59-55-51-47-43-40-36-33-30-27-24-22-20-21-23-25-28-31-34-37-41-45-49-53-57-61-72-66(71)60-56-52-48-44-38-14-12-10-8-6-4-2/h10,12,22,24,54,58,63-64,68-69H,3-9,11,13-21,23,25-53,55-57,59-62H2,1-2H3,(H,67,70)/b12-10-,24-22-,58-54+. The lowest BCUT2D eigenvalue weighted by Gasteiger charge is -2.20. The van der Waals surface area contributed by atoms with Gasteiger partial charge in [-0.05, 0) is 77.0 Å². The van der Waals surface area contributed by atoms with Gasteiger partial charge in [-0.2, -0.15) is 0 Å². The van der Waals surface area contributed by atoms with Gasteiger partial charge in [0.1, 0.15) is 0 Å². The molecule has 2 unspecified atom stereocenters. The predicted octanol–water partition coefficient (Wildman–Crippen LogP) is 20.4. The third kappa shape index (κ3) is 57.4. The number of amides is 1. The summed E-state index contributed by atoms with van der Waals surface area (Å²) in [6.07, 6.45) is 77.7. The molecular formula is C66H125NO5. The van der Waals surface area contributed by atoms with Gasteiger partial charge in [0.15, 0.2) is 0 Å². The molecule has 2 atom stereocenters. The molecule has 0 aliphatic heterocycles. The maximum atomic E-state index is 12.5. The van der Waals surface area contributed by atoms with Crippen LogP contribution in [0.4, 0.5) is 0 Å². The van der Waals surface area contributed by atoms with Crippen molar-refractivity contribution in [3.05, 3.63) is 36.5 Å². The van der Waals surface area contributed by atoms with Gasteiger partial charge in [0.05, 0.1) is 25.4 Å². The molecule has 6 heteroatoms. The van der Waals surface area contributed by atoms with Crippen LogP contribution in [0.15, 0.2) is 36.5 Å². The van der Waals surface area contributed by atoms with Gasteiger partial charge < -0.3 is 20.3 Å². The van der Waals surface area contributed by atoms with Crippen LogP contribution in [0.5, 0.6) is 0 Å². The highest BCUT2D eigenvalue weighted by Crippen LogP contribution is 2.17. The van der Waals surface area contributed by atoms with Crippen molar-refractivity contribution in [2.24, 2.45) is 0 Å². The van der Waals surface area contributed by atoms with E-state index in [4.69, 9.17) is 4.74 Å². The lowest BCUT2D eigenvalue weighted by Crippen LogP contribution is -2.45. The molecule has 0 spiro atoms. The highest BCUT2D eigenvalue weighted by atomic mass is 16.5. The quantitative estimate of drug-likeness (QED) is 0.0320. The molecular weight excluding hydrogens is 887 g/mol. The van der Waals surface area contributed by atoms with Crippen LogP contribution in [0.25, 0.3) is 0 Å². The molecule has 3 N–H and O–H groups in total. The van der Waals surface area contributed by atoms with Crippen LogP contribution in [0.2, 0.25) is 0 Å². The number of ether oxygens (including phenoxy) is 1. The van der Waals surface area contributed by atoms with Crippen molar-refractivity contribution in [1.29, 1.82) is 0 Å². The number of hydrogen-bond acceptors (Lipinski definition) is 5. The summed E-state index contributed by atoms with van der Waals surface area (Å²) in [5.41, 5.74) is 0. The molecule has 0 radical (unpaired) electrons. The van der Waals surface area contributed by atoms with Crippen LogP contribution in [0, 0.1) is 0 Å². The van der Waals surface area contributed by atoms with Gasteiger partial charge in [-0.3, -0.25) is 9.59 Å². The topological polar surface area (TPSA) is 95.9 Å². The Bertz CT molecular complexity index is 1170. The zero-order valence-electron chi connectivity index (χ0n) is 48.4. The van der Waals surface area contributed by atoms with E-state index in [0.717, 1.165) is 44.9 Å². The van der Waals surface area contributed by atoms with Gasteiger partial charge in [0.2, 0.25) is 5.91 Å². The van der Waals surface area contributed by atoms with Crippen LogP contribution < -0.4 is 5.32 Å². The molecule has 0 heterocycles. The van der Waals surface area contributed by atoms with Crippen LogP contribution in [0.1, 0.15) is 348 Å². The minimum Gasteiger partial charge on any atom is -0.466 e. The Hall–Kier alpha value is -1.92. The third-order valence-corrected chi connectivity index (χ3v) is 14.9. The van der Waals surface area contributed by atoms with Gasteiger partial charge in [0, 0.05) is 12.8 Å². The second-order valence-corrected chi connectivity index (χ2v) is 22.1. The lowest BCUT2D eigenvalue weighted by molar-refractivity contribution is -0.143. The van der Waals surface area contributed by atoms with E-state index in [2.05, 4.69) is 43.5 Å². The number of carbonyl (C=O) groups excluding carboxylic acids is 2. The number of nitrogens with one attached hydrogen (secondary N) is 1. The van der Waals surface area contributed by atoms with E-state index < -0.39 is 12.1 Å². The first-order valence-electron chi connectivity index (χ1n) is 32.3. The molecule has 0 aliphatic carbocycles. The summed E-state index contributed by atoms with van der Waals surface area (Å²) in [5.74, 6) is -0.0689. The summed E-state index contributed by atoms with van der Waals surface area (Å²) in [7, 11) is 0. The van der Waals surface area contributed by atoms with Gasteiger partial charge in [-0.15, -0.1) is 0 Å². The first kappa shape index (κ1) is 70.1. The summed E-state index contributed by atoms with van der Waals surface area (Å²) < 4.78 is 5.46. The van der Waals surface area contributed by atoms with Crippen molar-refractivity contribution in [3.8, 4) is 0 Å². The van der Waals surface area contributed by atoms with Crippen LogP contribution in [-0.4, -0.2) is 47.4 Å². The monoisotopic (exact) mass is 1010 g/mol. The smallest absolute Gasteiger partial charge is 0.305 e. The fourth-order valence-corrected chi connectivity index (χ4v) is 9.91. The van der Waals surface area contributed by atoms with Gasteiger partial charge >= 0.3 is 5.97 Å². The average molecular weight is 1010 g/mol. The minimum absolute atomic E-state index is 0.00101. The SMILES string of the molecule is CCCC/C=C\CCCCCCCC(=O)OCCCCCCCCCCCCCC/C=C\CCCCCCCCCCC(=O)NC(CO)C(O)/C=C/CCCCCCCCCCCCCCCCCCCC. The number of rotatable bonds is 60.